The molecular weight excluding hydrogens is 1700 g/mol. The summed E-state index contributed by atoms with van der Waals surface area (Å²) in [7, 11) is 1.45. The Morgan fingerprint density at radius 1 is 0.736 bits per heavy atom. The molecule has 44 heteroatoms. The van der Waals surface area contributed by atoms with Crippen LogP contribution in [-0.4, -0.2) is 219 Å². The molecule has 18 atom stereocenters. The summed E-state index contributed by atoms with van der Waals surface area (Å²) in [6.45, 7) is 5.28. The van der Waals surface area contributed by atoms with Crippen molar-refractivity contribution in [2.45, 2.75) is 176 Å². The molecule has 125 heavy (non-hydrogen) atoms. The van der Waals surface area contributed by atoms with E-state index < -0.39 is 284 Å². The number of hydrogen-bond acceptors (Lipinski definition) is 29. The third-order valence-electron chi connectivity index (χ3n) is 21.3. The minimum atomic E-state index is -4.99. The van der Waals surface area contributed by atoms with Gasteiger partial charge in [-0.1, -0.05) is 67.4 Å². The highest BCUT2D eigenvalue weighted by Crippen LogP contribution is 2.50. The van der Waals surface area contributed by atoms with Crippen molar-refractivity contribution >= 4 is 82.2 Å². The Kier molecular flexibility index (Phi) is 28.2. The van der Waals surface area contributed by atoms with Gasteiger partial charge in [0.05, 0.1) is 47.7 Å². The zero-order chi connectivity index (χ0) is 90.7. The number of aliphatic carboxylic acids is 1. The van der Waals surface area contributed by atoms with Gasteiger partial charge in [0.2, 0.25) is 59.3 Å². The highest BCUT2D eigenvalue weighted by Gasteiger charge is 2.52. The SMILES string of the molecule is CN[C@@H](CC(C)C)C(=O)N[C@H]1C(=O)N[C@@H](CC(N)=O)C(=O)NC2C(=O)N[C@@H]3C(=O)N[C@@H](C(=O)N[C@@H](C(=O)O)c4cc(O)cc(O)c4-c4cc3ccc4O)[C@H](O)c3ccc(c(Cl)c3)Oc3cc2cc(c3OC2O[C@@H](CO)[C@@H](O)[C@@H](O)[C@H]2O[C@H]2C[C@@](C)(NCCn3ccc(NC(=O)Cc4cccc(OC(F)(F)F)c4)nc3=O)[C@@H](O)[C@@H](C)O2)Oc2ccc(cc2Cl)[C@H]1O. The normalized spacial score (nSPS) is 26.1. The van der Waals surface area contributed by atoms with Gasteiger partial charge in [0, 0.05) is 54.0 Å². The largest absolute Gasteiger partial charge is 0.573 e. The minimum absolute atomic E-state index is 0.112. The molecule has 2 unspecified atom stereocenters. The number of nitrogens with one attached hydrogen (secondary N) is 9. The van der Waals surface area contributed by atoms with Crippen LogP contribution in [0.3, 0.4) is 0 Å². The van der Waals surface area contributed by atoms with Crippen LogP contribution in [0.15, 0.2) is 120 Å². The number of phenolic OH excluding ortho intramolecular Hbond substituents is 3. The predicted octanol–water partition coefficient (Wildman–Crippen LogP) is 2.07. The first-order valence-corrected chi connectivity index (χ1v) is 39.5. The van der Waals surface area contributed by atoms with Crippen molar-refractivity contribution in [1.29, 1.82) is 0 Å². The molecule has 14 rings (SSSR count). The number of aromatic nitrogens is 2. The van der Waals surface area contributed by atoms with Crippen molar-refractivity contribution < 1.29 is 141 Å². The number of nitrogens with two attached hydrogens (primary N) is 1. The van der Waals surface area contributed by atoms with Gasteiger partial charge in [0.15, 0.2) is 29.9 Å². The number of carboxylic acids is 1. The fraction of sp³-hybridized carbons (Fsp3) is 0.395. The molecule has 2 fully saturated rings. The fourth-order valence-electron chi connectivity index (χ4n) is 15.0. The molecule has 0 radical (unpaired) electrons. The van der Waals surface area contributed by atoms with Gasteiger partial charge in [-0.3, -0.25) is 42.9 Å². The van der Waals surface area contributed by atoms with Crippen molar-refractivity contribution in [3.8, 4) is 62.9 Å². The number of halogens is 5. The summed E-state index contributed by atoms with van der Waals surface area (Å²) in [4.78, 5) is 148. The smallest absolute Gasteiger partial charge is 0.508 e. The number of carbonyl (C=O) groups is 9. The molecule has 2 saturated heterocycles. The zero-order valence-electron chi connectivity index (χ0n) is 66.6. The third kappa shape index (κ3) is 21.2. The maximum absolute atomic E-state index is 16.2. The summed E-state index contributed by atoms with van der Waals surface area (Å²) < 4.78 is 82.9. The Bertz CT molecular complexity index is 5390. The van der Waals surface area contributed by atoms with Gasteiger partial charge in [-0.25, -0.2) is 9.59 Å². The first kappa shape index (κ1) is 92.1. The van der Waals surface area contributed by atoms with Gasteiger partial charge in [-0.2, -0.15) is 4.98 Å². The van der Waals surface area contributed by atoms with Crippen LogP contribution in [0.5, 0.6) is 51.7 Å². The molecule has 0 aliphatic carbocycles. The number of rotatable bonds is 21. The van der Waals surface area contributed by atoms with E-state index in [1.807, 2.05) is 0 Å². The number of alkyl halides is 3. The number of hydrogen-bond donors (Lipinski definition) is 20. The van der Waals surface area contributed by atoms with Crippen LogP contribution in [0.1, 0.15) is 111 Å². The second-order valence-corrected chi connectivity index (χ2v) is 31.6. The molecule has 668 valence electrons. The molecule has 6 aromatic carbocycles. The van der Waals surface area contributed by atoms with E-state index in [4.69, 9.17) is 57.4 Å². The summed E-state index contributed by atoms with van der Waals surface area (Å²) in [5, 5.41) is 138. The average molecular weight is 1790 g/mol. The fourth-order valence-corrected chi connectivity index (χ4v) is 15.4. The van der Waals surface area contributed by atoms with E-state index in [0.717, 1.165) is 89.5 Å². The van der Waals surface area contributed by atoms with E-state index in [9.17, 15) is 97.8 Å². The monoisotopic (exact) mass is 1790 g/mol. The van der Waals surface area contributed by atoms with E-state index in [1.165, 1.54) is 44.4 Å². The number of amides is 8. The molecule has 8 heterocycles. The van der Waals surface area contributed by atoms with Crippen LogP contribution in [0.2, 0.25) is 10.0 Å². The van der Waals surface area contributed by atoms with Crippen LogP contribution in [0, 0.1) is 5.92 Å². The summed E-state index contributed by atoms with van der Waals surface area (Å²) >= 11 is 14.3. The molecule has 7 aliphatic rings. The number of aliphatic hydroxyl groups is 6. The molecule has 11 bridgehead atoms. The Balaban J connectivity index is 0.975. The lowest BCUT2D eigenvalue weighted by atomic mass is 9.85. The van der Waals surface area contributed by atoms with Gasteiger partial charge < -0.3 is 138 Å². The van der Waals surface area contributed by atoms with Crippen molar-refractivity contribution in [2.75, 3.05) is 25.5 Å². The number of carbonyl (C=O) groups excluding carboxylic acids is 8. The maximum atomic E-state index is 16.2. The molecule has 21 N–H and O–H groups in total. The van der Waals surface area contributed by atoms with Gasteiger partial charge in [-0.05, 0) is 134 Å². The average Bonchev–Trinajstić information content (AvgIpc) is 0.772. The van der Waals surface area contributed by atoms with E-state index in [2.05, 4.69) is 57.6 Å². The number of primary amides is 1. The Morgan fingerprint density at radius 3 is 2.01 bits per heavy atom. The summed E-state index contributed by atoms with van der Waals surface area (Å²) in [6, 6.07) is 4.50. The van der Waals surface area contributed by atoms with E-state index >= 15 is 14.4 Å². The van der Waals surface area contributed by atoms with Crippen LogP contribution in [0.25, 0.3) is 11.1 Å². The molecule has 0 spiro atoms. The van der Waals surface area contributed by atoms with Gasteiger partial charge in [-0.15, -0.1) is 13.2 Å². The van der Waals surface area contributed by atoms with Gasteiger partial charge in [0.1, 0.15) is 101 Å². The molecular formula is C81H87Cl2F3N12O27. The lowest BCUT2D eigenvalue weighted by molar-refractivity contribution is -0.334. The number of aromatic hydroxyl groups is 3. The van der Waals surface area contributed by atoms with Crippen molar-refractivity contribution in [3.05, 3.63) is 169 Å². The molecule has 8 amide bonds. The van der Waals surface area contributed by atoms with Crippen LogP contribution < -0.4 is 78.2 Å². The molecule has 7 aromatic rings. The van der Waals surface area contributed by atoms with Crippen molar-refractivity contribution in [3.63, 3.8) is 0 Å². The topological polar surface area (TPSA) is 590 Å². The quantitative estimate of drug-likeness (QED) is 0.0490. The number of carboxylic acid groups (broad SMARTS) is 1. The summed E-state index contributed by atoms with van der Waals surface area (Å²) in [5.74, 6) is -18.3. The Morgan fingerprint density at radius 2 is 1.38 bits per heavy atom. The first-order valence-electron chi connectivity index (χ1n) is 38.7. The van der Waals surface area contributed by atoms with Crippen molar-refractivity contribution in [1.82, 2.24) is 52.1 Å². The lowest BCUT2D eigenvalue weighted by Crippen LogP contribution is -2.65. The van der Waals surface area contributed by atoms with Gasteiger partial charge >= 0.3 is 18.0 Å². The molecule has 7 aliphatic heterocycles. The number of fused-ring (bicyclic) bond motifs is 15. The predicted molar refractivity (Wildman–Crippen MR) is 427 cm³/mol. The number of aliphatic hydroxyl groups excluding tert-OH is 6. The van der Waals surface area contributed by atoms with Gasteiger partial charge in [0.25, 0.3) is 0 Å². The number of ether oxygens (including phenoxy) is 7. The highest BCUT2D eigenvalue weighted by atomic mass is 35.5. The van der Waals surface area contributed by atoms with E-state index in [0.29, 0.717) is 0 Å². The third-order valence-corrected chi connectivity index (χ3v) is 21.8. The Labute approximate surface area is 716 Å². The van der Waals surface area contributed by atoms with Crippen molar-refractivity contribution in [2.24, 2.45) is 11.7 Å². The second kappa shape index (κ2) is 38.2. The van der Waals surface area contributed by atoms with E-state index in [-0.39, 0.29) is 54.4 Å². The maximum Gasteiger partial charge on any atom is 0.573 e. The zero-order valence-corrected chi connectivity index (χ0v) is 68.1. The minimum Gasteiger partial charge on any atom is -0.508 e. The number of phenols is 3. The standard InChI is InChI=1S/C81H87Cl2F3N12O27/c1-32(2)19-45(88-5)71(110)96-62-64(105)36-10-13-49(43(82)23-36)120-51-25-38-26-52(68(51)124-78-69(67(108)66(107)53(31-99)122-78)123-57-30-80(4,70(109)33(3)119-57)89-16-18-98-17-15-55(92-79(98)118)91-56(104)21-34-7-6-8-40(20-34)125-81(84,85)86)121-50-14-11-37(24-44(50)83)65(106)63-76(115)95-61(77(116)117)42-27-39(100)28-48(102)58(42)41-22-35(9-12-47(41)101)59(73(112)97-63)94-74(113)60(38)93-72(111)46(29-54(87)103)90-75(62)114/h6-15,17,20,22-28,32-33,45-46,53,57,59-67,69-70,78,88-89,99-102,105-109H,16,18-19,21,29-31H2,1-5H3,(H2,87,103)(H,90,114)(H,93,111)(H,94,113)(H,95,115)(H,96,110)(H,97,112)(H,116,117)(H,91,92,104,118)/t33-,45+,46+,53+,57+,59+,60?,61-,62-,63-,64-,65-,66-,67-,69-,70+,78?,80-/m1/s1. The van der Waals surface area contributed by atoms with E-state index in [1.54, 1.807) is 20.8 Å². The second-order valence-electron chi connectivity index (χ2n) is 30.8. The number of benzene rings is 6. The number of likely N-dealkylation sites (N-methyl/N-ethyl adjacent to an activating group) is 1. The molecule has 1 aromatic heterocycles. The highest BCUT2D eigenvalue weighted by molar-refractivity contribution is 6.32. The molecule has 0 saturated carbocycles. The van der Waals surface area contributed by atoms with Crippen LogP contribution in [0.4, 0.5) is 19.0 Å². The van der Waals surface area contributed by atoms with Crippen LogP contribution >= 0.6 is 23.2 Å². The number of anilines is 1. The van der Waals surface area contributed by atoms with Crippen LogP contribution in [-0.2, 0) is 70.3 Å². The summed E-state index contributed by atoms with van der Waals surface area (Å²) in [6.07, 6.45) is -24.1. The Hall–Kier alpha value is -12.0. The first-order chi connectivity index (χ1) is 59.1. The lowest BCUT2D eigenvalue weighted by Gasteiger charge is -2.48. The summed E-state index contributed by atoms with van der Waals surface area (Å²) in [5.41, 5.74) is 0.449. The number of nitrogens with zero attached hydrogens (tertiary/aromatic N) is 2. The molecule has 39 nitrogen and oxygen atoms in total.